The Kier molecular flexibility index (Phi) is 3.12. The first-order chi connectivity index (χ1) is 10.3. The highest BCUT2D eigenvalue weighted by molar-refractivity contribution is 5.69. The van der Waals surface area contributed by atoms with Gasteiger partial charge >= 0.3 is 0 Å². The number of ether oxygens (including phenoxy) is 2. The van der Waals surface area contributed by atoms with Crippen LogP contribution in [0.5, 0.6) is 11.8 Å². The van der Waals surface area contributed by atoms with Crippen molar-refractivity contribution in [2.75, 3.05) is 14.2 Å². The smallest absolute Gasteiger partial charge is 0.224 e. The molecule has 3 aromatic heterocycles. The molecule has 7 nitrogen and oxygen atoms in total. The molecule has 7 heteroatoms. The van der Waals surface area contributed by atoms with Crippen LogP contribution in [0.1, 0.15) is 5.56 Å². The van der Waals surface area contributed by atoms with E-state index in [0.29, 0.717) is 23.0 Å². The van der Waals surface area contributed by atoms with Crippen molar-refractivity contribution < 1.29 is 9.47 Å². The van der Waals surface area contributed by atoms with E-state index in [1.807, 2.05) is 12.1 Å². The lowest BCUT2D eigenvalue weighted by Crippen LogP contribution is -1.97. The number of aromatic nitrogens is 4. The molecule has 0 saturated heterocycles. The van der Waals surface area contributed by atoms with Crippen LogP contribution < -0.4 is 9.47 Å². The molecule has 0 atom stereocenters. The van der Waals surface area contributed by atoms with Crippen molar-refractivity contribution in [1.82, 2.24) is 19.6 Å². The second-order valence-corrected chi connectivity index (χ2v) is 4.19. The van der Waals surface area contributed by atoms with Crippen molar-refractivity contribution >= 4 is 5.65 Å². The monoisotopic (exact) mass is 281 g/mol. The van der Waals surface area contributed by atoms with Gasteiger partial charge in [-0.15, -0.1) is 0 Å². The number of methoxy groups -OCH3 is 2. The molecule has 3 aromatic rings. The first-order valence-corrected chi connectivity index (χ1v) is 6.09. The molecule has 0 bridgehead atoms. The van der Waals surface area contributed by atoms with E-state index in [1.165, 1.54) is 6.20 Å². The minimum atomic E-state index is 0.432. The number of hydrogen-bond donors (Lipinski definition) is 0. The van der Waals surface area contributed by atoms with Crippen molar-refractivity contribution in [2.45, 2.75) is 0 Å². The molecule has 0 aromatic carbocycles. The number of nitrogens with zero attached hydrogens (tertiary/aromatic N) is 5. The van der Waals surface area contributed by atoms with Gasteiger partial charge in [0.05, 0.1) is 20.4 Å². The topological polar surface area (TPSA) is 85.3 Å². The average Bonchev–Trinajstić information content (AvgIpc) is 2.96. The Hall–Kier alpha value is -3.14. The number of nitriles is 1. The van der Waals surface area contributed by atoms with Gasteiger partial charge in [-0.1, -0.05) is 0 Å². The lowest BCUT2D eigenvalue weighted by molar-refractivity contribution is 0.366. The maximum atomic E-state index is 8.96. The van der Waals surface area contributed by atoms with Crippen LogP contribution in [0.2, 0.25) is 0 Å². The Labute approximate surface area is 120 Å². The lowest BCUT2D eigenvalue weighted by atomic mass is 10.1. The lowest BCUT2D eigenvalue weighted by Gasteiger charge is -2.09. The van der Waals surface area contributed by atoms with E-state index in [0.717, 1.165) is 11.1 Å². The molecule has 0 aliphatic rings. The van der Waals surface area contributed by atoms with E-state index in [4.69, 9.17) is 14.7 Å². The maximum absolute atomic E-state index is 8.96. The van der Waals surface area contributed by atoms with Gasteiger partial charge in [-0.25, -0.2) is 9.50 Å². The number of hydrogen-bond acceptors (Lipinski definition) is 6. The Bertz CT molecular complexity index is 850. The Morgan fingerprint density at radius 3 is 2.76 bits per heavy atom. The SMILES string of the molecule is COc1ccc(-c2cnc3c(C#N)cnn3c2)c(OC)n1. The molecular weight excluding hydrogens is 270 g/mol. The predicted molar refractivity (Wildman–Crippen MR) is 74.0 cm³/mol. The van der Waals surface area contributed by atoms with Crippen molar-refractivity contribution in [3.05, 3.63) is 36.3 Å². The highest BCUT2D eigenvalue weighted by atomic mass is 16.5. The first kappa shape index (κ1) is 12.9. The van der Waals surface area contributed by atoms with Crippen molar-refractivity contribution in [3.63, 3.8) is 0 Å². The highest BCUT2D eigenvalue weighted by Crippen LogP contribution is 2.29. The fourth-order valence-corrected chi connectivity index (χ4v) is 2.01. The first-order valence-electron chi connectivity index (χ1n) is 6.09. The minimum absolute atomic E-state index is 0.432. The normalized spacial score (nSPS) is 10.3. The van der Waals surface area contributed by atoms with Crippen LogP contribution in [0, 0.1) is 11.3 Å². The molecule has 0 aliphatic heterocycles. The van der Waals surface area contributed by atoms with Crippen molar-refractivity contribution in [3.8, 4) is 29.0 Å². The molecule has 0 radical (unpaired) electrons. The quantitative estimate of drug-likeness (QED) is 0.726. The van der Waals surface area contributed by atoms with Crippen LogP contribution >= 0.6 is 0 Å². The zero-order valence-electron chi connectivity index (χ0n) is 11.4. The second kappa shape index (κ2) is 5.09. The van der Waals surface area contributed by atoms with Gasteiger partial charge in [0.2, 0.25) is 11.8 Å². The summed E-state index contributed by atoms with van der Waals surface area (Å²) in [6.07, 6.45) is 4.91. The molecule has 0 N–H and O–H groups in total. The molecule has 0 saturated carbocycles. The predicted octanol–water partition coefficient (Wildman–Crippen LogP) is 1.68. The number of rotatable bonds is 3. The summed E-state index contributed by atoms with van der Waals surface area (Å²) >= 11 is 0. The molecule has 0 spiro atoms. The average molecular weight is 281 g/mol. The van der Waals surface area contributed by atoms with Crippen LogP contribution in [0.25, 0.3) is 16.8 Å². The van der Waals surface area contributed by atoms with Gasteiger partial charge in [-0.05, 0) is 6.07 Å². The molecule has 0 unspecified atom stereocenters. The largest absolute Gasteiger partial charge is 0.481 e. The van der Waals surface area contributed by atoms with Crippen LogP contribution in [0.3, 0.4) is 0 Å². The number of fused-ring (bicyclic) bond motifs is 1. The van der Waals surface area contributed by atoms with Gasteiger partial charge in [-0.3, -0.25) is 0 Å². The molecule has 3 heterocycles. The standard InChI is InChI=1S/C14H11N5O2/c1-20-12-4-3-11(14(18-12)21-2)10-6-16-13-9(5-15)7-17-19(13)8-10/h3-4,6-8H,1-2H3. The van der Waals surface area contributed by atoms with Gasteiger partial charge < -0.3 is 9.47 Å². The van der Waals surface area contributed by atoms with E-state index in [-0.39, 0.29) is 0 Å². The van der Waals surface area contributed by atoms with Gasteiger partial charge in [-0.2, -0.15) is 15.3 Å². The summed E-state index contributed by atoms with van der Waals surface area (Å²) in [6, 6.07) is 5.62. The zero-order valence-corrected chi connectivity index (χ0v) is 11.4. The highest BCUT2D eigenvalue weighted by Gasteiger charge is 2.12. The van der Waals surface area contributed by atoms with E-state index in [2.05, 4.69) is 15.1 Å². The van der Waals surface area contributed by atoms with Crippen LogP contribution in [-0.4, -0.2) is 33.8 Å². The molecule has 3 rings (SSSR count). The van der Waals surface area contributed by atoms with Crippen LogP contribution in [-0.2, 0) is 0 Å². The van der Waals surface area contributed by atoms with Crippen LogP contribution in [0.15, 0.2) is 30.7 Å². The molecule has 104 valence electrons. The summed E-state index contributed by atoms with van der Waals surface area (Å²) in [7, 11) is 3.08. The second-order valence-electron chi connectivity index (χ2n) is 4.19. The van der Waals surface area contributed by atoms with Crippen LogP contribution in [0.4, 0.5) is 0 Å². The summed E-state index contributed by atoms with van der Waals surface area (Å²) in [5, 5.41) is 13.1. The van der Waals surface area contributed by atoms with Crippen molar-refractivity contribution in [2.24, 2.45) is 0 Å². The summed E-state index contributed by atoms with van der Waals surface area (Å²) in [4.78, 5) is 8.50. The minimum Gasteiger partial charge on any atom is -0.481 e. The zero-order chi connectivity index (χ0) is 14.8. The molecule has 0 amide bonds. The third-order valence-corrected chi connectivity index (χ3v) is 3.03. The van der Waals surface area contributed by atoms with E-state index >= 15 is 0 Å². The maximum Gasteiger partial charge on any atom is 0.224 e. The molecule has 21 heavy (non-hydrogen) atoms. The van der Waals surface area contributed by atoms with Gasteiger partial charge in [0.15, 0.2) is 5.65 Å². The Morgan fingerprint density at radius 1 is 1.19 bits per heavy atom. The van der Waals surface area contributed by atoms with E-state index in [9.17, 15) is 0 Å². The molecule has 0 aliphatic carbocycles. The van der Waals surface area contributed by atoms with Gasteiger partial charge in [0, 0.05) is 29.6 Å². The Balaban J connectivity index is 2.14. The van der Waals surface area contributed by atoms with Crippen molar-refractivity contribution in [1.29, 1.82) is 5.26 Å². The van der Waals surface area contributed by atoms with E-state index in [1.54, 1.807) is 37.2 Å². The molecule has 0 fully saturated rings. The van der Waals surface area contributed by atoms with Gasteiger partial charge in [0.25, 0.3) is 0 Å². The fourth-order valence-electron chi connectivity index (χ4n) is 2.01. The Morgan fingerprint density at radius 2 is 2.05 bits per heavy atom. The van der Waals surface area contributed by atoms with E-state index < -0.39 is 0 Å². The fraction of sp³-hybridized carbons (Fsp3) is 0.143. The summed E-state index contributed by atoms with van der Waals surface area (Å²) in [5.74, 6) is 0.902. The third-order valence-electron chi connectivity index (χ3n) is 3.03. The summed E-state index contributed by atoms with van der Waals surface area (Å²) in [6.45, 7) is 0. The number of pyridine rings is 1. The third kappa shape index (κ3) is 2.12. The van der Waals surface area contributed by atoms with Gasteiger partial charge in [0.1, 0.15) is 11.6 Å². The molecular formula is C14H11N5O2. The summed E-state index contributed by atoms with van der Waals surface area (Å²) < 4.78 is 11.9. The summed E-state index contributed by atoms with van der Waals surface area (Å²) in [5.41, 5.74) is 2.49.